The van der Waals surface area contributed by atoms with E-state index >= 15 is 0 Å². The minimum Gasteiger partial charge on any atom is -0.467 e. The lowest BCUT2D eigenvalue weighted by Gasteiger charge is -2.23. The zero-order valence-electron chi connectivity index (χ0n) is 18.0. The van der Waals surface area contributed by atoms with E-state index in [2.05, 4.69) is 51.7 Å². The van der Waals surface area contributed by atoms with Gasteiger partial charge in [0.1, 0.15) is 11.6 Å². The Morgan fingerprint density at radius 3 is 2.74 bits per heavy atom. The van der Waals surface area contributed by atoms with E-state index in [-0.39, 0.29) is 11.2 Å². The van der Waals surface area contributed by atoms with Crippen molar-refractivity contribution in [3.8, 4) is 0 Å². The van der Waals surface area contributed by atoms with E-state index < -0.39 is 0 Å². The summed E-state index contributed by atoms with van der Waals surface area (Å²) in [6.07, 6.45) is 5.76. The van der Waals surface area contributed by atoms with Crippen molar-refractivity contribution in [1.82, 2.24) is 14.8 Å². The Hall–Kier alpha value is -2.80. The van der Waals surface area contributed by atoms with Gasteiger partial charge in [-0.05, 0) is 36.6 Å². The van der Waals surface area contributed by atoms with Crippen molar-refractivity contribution in [2.24, 2.45) is 0 Å². The molecule has 0 bridgehead atoms. The minimum atomic E-state index is -0.204. The molecular formula is C24H26N4O2S. The van der Waals surface area contributed by atoms with Crippen molar-refractivity contribution in [1.29, 1.82) is 0 Å². The predicted molar refractivity (Wildman–Crippen MR) is 121 cm³/mol. The first-order valence-corrected chi connectivity index (χ1v) is 11.6. The first-order valence-electron chi connectivity index (χ1n) is 10.6. The number of allylic oxidation sites excluding steroid dienone is 2. The van der Waals surface area contributed by atoms with Crippen molar-refractivity contribution in [2.45, 2.75) is 49.7 Å². The van der Waals surface area contributed by atoms with Crippen molar-refractivity contribution in [2.75, 3.05) is 17.7 Å². The summed E-state index contributed by atoms with van der Waals surface area (Å²) in [5.74, 6) is 2.74. The molecule has 1 aliphatic carbocycles. The third-order valence-electron chi connectivity index (χ3n) is 6.16. The molecule has 1 saturated carbocycles. The van der Waals surface area contributed by atoms with Gasteiger partial charge in [-0.2, -0.15) is 0 Å². The molecule has 0 saturated heterocycles. The number of ketones is 1. The third-order valence-corrected chi connectivity index (χ3v) is 7.15. The number of carbonyl (C=O) groups excluding carboxylic acids is 1. The van der Waals surface area contributed by atoms with Gasteiger partial charge in [-0.25, -0.2) is 0 Å². The third kappa shape index (κ3) is 3.71. The maximum atomic E-state index is 12.9. The van der Waals surface area contributed by atoms with Crippen LogP contribution in [0.5, 0.6) is 0 Å². The number of hydrogen-bond acceptors (Lipinski definition) is 6. The summed E-state index contributed by atoms with van der Waals surface area (Å²) in [4.78, 5) is 15.1. The molecule has 0 spiro atoms. The summed E-state index contributed by atoms with van der Waals surface area (Å²) in [7, 11) is 2.03. The van der Waals surface area contributed by atoms with Crippen LogP contribution in [-0.4, -0.2) is 33.3 Å². The van der Waals surface area contributed by atoms with Crippen LogP contribution >= 0.6 is 11.8 Å². The van der Waals surface area contributed by atoms with Gasteiger partial charge in [0, 0.05) is 35.8 Å². The molecule has 0 radical (unpaired) electrons. The smallest absolute Gasteiger partial charge is 0.192 e. The van der Waals surface area contributed by atoms with Gasteiger partial charge in [0.05, 0.1) is 18.6 Å². The largest absolute Gasteiger partial charge is 0.467 e. The highest BCUT2D eigenvalue weighted by Gasteiger charge is 2.38. The Balaban J connectivity index is 1.34. The molecule has 1 aromatic carbocycles. The summed E-state index contributed by atoms with van der Waals surface area (Å²) in [5, 5.41) is 9.58. The average Bonchev–Trinajstić information content (AvgIpc) is 3.26. The number of nitrogens with zero attached hydrogens (tertiary/aromatic N) is 4. The van der Waals surface area contributed by atoms with Crippen LogP contribution in [0.1, 0.15) is 49.8 Å². The number of anilines is 1. The van der Waals surface area contributed by atoms with E-state index in [0.29, 0.717) is 18.2 Å². The lowest BCUT2D eigenvalue weighted by molar-refractivity contribution is -0.112. The molecule has 0 atom stereocenters. The number of thioether (sulfide) groups is 1. The fourth-order valence-electron chi connectivity index (χ4n) is 4.35. The van der Waals surface area contributed by atoms with Crippen LogP contribution in [0.3, 0.4) is 0 Å². The highest BCUT2D eigenvalue weighted by Crippen LogP contribution is 2.46. The van der Waals surface area contributed by atoms with Gasteiger partial charge in [0.25, 0.3) is 0 Å². The molecule has 1 fully saturated rings. The van der Waals surface area contributed by atoms with Gasteiger partial charge in [0.15, 0.2) is 10.9 Å². The SMILES string of the molecule is CN1/C(=C\C(=O)CSc2nnc(C3CC3)n2Cc2ccco2)C(C)(C)c2ccccc21. The molecule has 31 heavy (non-hydrogen) atoms. The number of carbonyl (C=O) groups is 1. The van der Waals surface area contributed by atoms with Gasteiger partial charge < -0.3 is 9.32 Å². The molecule has 7 heteroatoms. The van der Waals surface area contributed by atoms with Crippen LogP contribution < -0.4 is 4.90 Å². The maximum Gasteiger partial charge on any atom is 0.192 e. The van der Waals surface area contributed by atoms with Gasteiger partial charge in [-0.3, -0.25) is 9.36 Å². The standard InChI is InChI=1S/C24H26N4O2S/c1-24(2)19-8-4-5-9-20(19)27(3)21(24)13-17(29)15-31-23-26-25-22(16-10-11-16)28(23)14-18-7-6-12-30-18/h4-9,12-13,16H,10-11,14-15H2,1-3H3/b21-13-. The van der Waals surface area contributed by atoms with Crippen LogP contribution in [0.15, 0.2) is 64.0 Å². The molecule has 3 aromatic rings. The fraction of sp³-hybridized carbons (Fsp3) is 0.375. The molecule has 6 nitrogen and oxygen atoms in total. The number of fused-ring (bicyclic) bond motifs is 1. The monoisotopic (exact) mass is 434 g/mol. The molecule has 5 rings (SSSR count). The highest BCUT2D eigenvalue weighted by atomic mass is 32.2. The van der Waals surface area contributed by atoms with E-state index in [4.69, 9.17) is 4.42 Å². The predicted octanol–water partition coefficient (Wildman–Crippen LogP) is 4.77. The summed E-state index contributed by atoms with van der Waals surface area (Å²) < 4.78 is 7.63. The number of hydrogen-bond donors (Lipinski definition) is 0. The molecule has 0 amide bonds. The number of furan rings is 1. The Bertz CT molecular complexity index is 1140. The number of benzene rings is 1. The second-order valence-corrected chi connectivity index (χ2v) is 9.71. The molecule has 160 valence electrons. The highest BCUT2D eigenvalue weighted by molar-refractivity contribution is 7.99. The number of para-hydroxylation sites is 1. The van der Waals surface area contributed by atoms with E-state index in [1.54, 1.807) is 12.3 Å². The van der Waals surface area contributed by atoms with Crippen molar-refractivity contribution < 1.29 is 9.21 Å². The van der Waals surface area contributed by atoms with Gasteiger partial charge in [0.2, 0.25) is 0 Å². The average molecular weight is 435 g/mol. The first-order chi connectivity index (χ1) is 14.9. The van der Waals surface area contributed by atoms with E-state index in [0.717, 1.165) is 41.0 Å². The second kappa shape index (κ2) is 7.71. The second-order valence-electron chi connectivity index (χ2n) is 8.77. The molecule has 2 aromatic heterocycles. The quantitative estimate of drug-likeness (QED) is 0.394. The van der Waals surface area contributed by atoms with Gasteiger partial charge in [-0.1, -0.05) is 43.8 Å². The Kier molecular flexibility index (Phi) is 5.01. The summed E-state index contributed by atoms with van der Waals surface area (Å²) in [6, 6.07) is 12.2. The van der Waals surface area contributed by atoms with Crippen molar-refractivity contribution >= 4 is 23.2 Å². The first kappa shape index (κ1) is 20.1. The molecule has 0 unspecified atom stereocenters. The van der Waals surface area contributed by atoms with Crippen molar-refractivity contribution in [3.05, 3.63) is 71.6 Å². The van der Waals surface area contributed by atoms with E-state index in [1.165, 1.54) is 17.3 Å². The normalized spacial score (nSPS) is 18.5. The molecule has 3 heterocycles. The zero-order chi connectivity index (χ0) is 21.6. The van der Waals surface area contributed by atoms with Crippen molar-refractivity contribution in [3.63, 3.8) is 0 Å². The Morgan fingerprint density at radius 2 is 2.03 bits per heavy atom. The molecular weight excluding hydrogens is 408 g/mol. The van der Waals surface area contributed by atoms with E-state index in [1.807, 2.05) is 25.2 Å². The zero-order valence-corrected chi connectivity index (χ0v) is 18.9. The maximum absolute atomic E-state index is 12.9. The van der Waals surface area contributed by atoms with Crippen LogP contribution in [0.25, 0.3) is 0 Å². The summed E-state index contributed by atoms with van der Waals surface area (Å²) in [6.45, 7) is 4.93. The van der Waals surface area contributed by atoms with Gasteiger partial charge >= 0.3 is 0 Å². The number of rotatable bonds is 7. The van der Waals surface area contributed by atoms with Crippen LogP contribution in [-0.2, 0) is 16.8 Å². The Morgan fingerprint density at radius 1 is 1.23 bits per heavy atom. The van der Waals surface area contributed by atoms with Crippen LogP contribution in [0, 0.1) is 0 Å². The lowest BCUT2D eigenvalue weighted by Crippen LogP contribution is -2.24. The fourth-order valence-corrected chi connectivity index (χ4v) is 5.11. The Labute approximate surface area is 186 Å². The summed E-state index contributed by atoms with van der Waals surface area (Å²) >= 11 is 1.45. The number of likely N-dealkylation sites (N-methyl/N-ethyl adjacent to an activating group) is 1. The topological polar surface area (TPSA) is 64.2 Å². The molecule has 2 aliphatic rings. The molecule has 1 aliphatic heterocycles. The van der Waals surface area contributed by atoms with Gasteiger partial charge in [-0.15, -0.1) is 10.2 Å². The summed E-state index contributed by atoms with van der Waals surface area (Å²) in [5.41, 5.74) is 3.22. The van der Waals surface area contributed by atoms with Crippen LogP contribution in [0.4, 0.5) is 5.69 Å². The van der Waals surface area contributed by atoms with E-state index in [9.17, 15) is 4.79 Å². The molecule has 0 N–H and O–H groups in total. The minimum absolute atomic E-state index is 0.0771. The number of aromatic nitrogens is 3. The van der Waals surface area contributed by atoms with Crippen LogP contribution in [0.2, 0.25) is 0 Å². The lowest BCUT2D eigenvalue weighted by atomic mass is 9.83.